The molecule has 0 N–H and O–H groups in total. The van der Waals surface area contributed by atoms with Gasteiger partial charge in [0.25, 0.3) is 0 Å². The Kier molecular flexibility index (Phi) is 3.04. The van der Waals surface area contributed by atoms with E-state index >= 15 is 0 Å². The van der Waals surface area contributed by atoms with Gasteiger partial charge < -0.3 is 4.74 Å². The summed E-state index contributed by atoms with van der Waals surface area (Å²) < 4.78 is 5.11. The topological polar surface area (TPSA) is 60.4 Å². The van der Waals surface area contributed by atoms with Gasteiger partial charge in [0.15, 0.2) is 11.6 Å². The van der Waals surface area contributed by atoms with E-state index in [0.29, 0.717) is 23.1 Å². The molecule has 1 aliphatic rings. The van der Waals surface area contributed by atoms with E-state index in [1.165, 1.54) is 6.92 Å². The molecule has 2 rings (SSSR count). The molecule has 1 atom stereocenters. The lowest BCUT2D eigenvalue weighted by molar-refractivity contribution is -0.131. The monoisotopic (exact) mass is 260 g/mol. The first-order valence-corrected chi connectivity index (χ1v) is 6.24. The van der Waals surface area contributed by atoms with Crippen molar-refractivity contribution in [2.24, 2.45) is 0 Å². The van der Waals surface area contributed by atoms with Crippen LogP contribution < -0.4 is 4.74 Å². The number of aryl methyl sites for hydroxylation is 1. The summed E-state index contributed by atoms with van der Waals surface area (Å²) in [5.74, 6) is -0.548. The molecule has 1 aliphatic carbocycles. The summed E-state index contributed by atoms with van der Waals surface area (Å²) in [6.45, 7) is 6.43. The van der Waals surface area contributed by atoms with Gasteiger partial charge in [0.05, 0.1) is 5.56 Å². The molecule has 0 unspecified atom stereocenters. The summed E-state index contributed by atoms with van der Waals surface area (Å²) in [5, 5.41) is 0. The van der Waals surface area contributed by atoms with Crippen molar-refractivity contribution in [1.29, 1.82) is 0 Å². The van der Waals surface area contributed by atoms with E-state index in [1.54, 1.807) is 32.9 Å². The second kappa shape index (κ2) is 4.30. The van der Waals surface area contributed by atoms with Crippen LogP contribution >= 0.6 is 0 Å². The van der Waals surface area contributed by atoms with Crippen LogP contribution in [0.2, 0.25) is 0 Å². The molecule has 0 aromatic heterocycles. The molecule has 19 heavy (non-hydrogen) atoms. The van der Waals surface area contributed by atoms with Crippen molar-refractivity contribution >= 4 is 17.5 Å². The molecule has 0 radical (unpaired) electrons. The number of Topliss-reactive ketones (excluding diaryl/α,β-unsaturated/α-hetero) is 2. The second-order valence-corrected chi connectivity index (χ2v) is 4.96. The highest BCUT2D eigenvalue weighted by Crippen LogP contribution is 2.47. The molecule has 0 heterocycles. The van der Waals surface area contributed by atoms with Gasteiger partial charge in [0, 0.05) is 13.3 Å². The molecular weight excluding hydrogens is 244 g/mol. The van der Waals surface area contributed by atoms with Crippen molar-refractivity contribution in [3.8, 4) is 5.75 Å². The van der Waals surface area contributed by atoms with Gasteiger partial charge in [-0.1, -0.05) is 19.1 Å². The Hall–Kier alpha value is -1.97. The zero-order chi connectivity index (χ0) is 14.4. The van der Waals surface area contributed by atoms with Crippen LogP contribution in [0.3, 0.4) is 0 Å². The van der Waals surface area contributed by atoms with E-state index < -0.39 is 11.4 Å². The Labute approximate surface area is 111 Å². The summed E-state index contributed by atoms with van der Waals surface area (Å²) in [7, 11) is 0. The molecule has 0 saturated carbocycles. The van der Waals surface area contributed by atoms with Crippen LogP contribution in [-0.4, -0.2) is 17.5 Å². The van der Waals surface area contributed by atoms with Crippen molar-refractivity contribution in [3.63, 3.8) is 0 Å². The Morgan fingerprint density at radius 3 is 2.47 bits per heavy atom. The third-order valence-corrected chi connectivity index (χ3v) is 3.70. The number of carbonyl (C=O) groups is 3. The smallest absolute Gasteiger partial charge is 0.308 e. The van der Waals surface area contributed by atoms with Crippen LogP contribution in [-0.2, 0) is 15.0 Å². The molecule has 1 aromatic carbocycles. The molecule has 4 heteroatoms. The van der Waals surface area contributed by atoms with Crippen LogP contribution in [0.15, 0.2) is 12.1 Å². The average molecular weight is 260 g/mol. The van der Waals surface area contributed by atoms with E-state index in [-0.39, 0.29) is 17.3 Å². The lowest BCUT2D eigenvalue weighted by atomic mass is 9.60. The Morgan fingerprint density at radius 2 is 1.95 bits per heavy atom. The van der Waals surface area contributed by atoms with Gasteiger partial charge in [-0.05, 0) is 25.0 Å². The van der Waals surface area contributed by atoms with Crippen molar-refractivity contribution in [1.82, 2.24) is 0 Å². The zero-order valence-corrected chi connectivity index (χ0v) is 11.5. The molecule has 0 amide bonds. The van der Waals surface area contributed by atoms with Crippen molar-refractivity contribution in [3.05, 3.63) is 28.8 Å². The predicted octanol–water partition coefficient (Wildman–Crippen LogP) is 2.35. The minimum absolute atomic E-state index is 0.109. The lowest BCUT2D eigenvalue weighted by Crippen LogP contribution is -2.50. The van der Waals surface area contributed by atoms with Crippen LogP contribution in [0, 0.1) is 6.92 Å². The molecule has 1 aromatic rings. The first kappa shape index (κ1) is 13.5. The Morgan fingerprint density at radius 1 is 1.32 bits per heavy atom. The van der Waals surface area contributed by atoms with Gasteiger partial charge >= 0.3 is 5.97 Å². The fourth-order valence-electron chi connectivity index (χ4n) is 2.54. The summed E-state index contributed by atoms with van der Waals surface area (Å²) in [6.07, 6.45) is 0.304. The predicted molar refractivity (Wildman–Crippen MR) is 69.5 cm³/mol. The highest BCUT2D eigenvalue weighted by atomic mass is 16.5. The summed E-state index contributed by atoms with van der Waals surface area (Å²) in [5.41, 5.74) is 0.672. The number of rotatable bonds is 3. The SMILES string of the molecule is CCC(=O)[C@@]1(C)C(=O)c2c1ccc(C)c2OC(C)=O. The number of esters is 1. The van der Waals surface area contributed by atoms with E-state index in [1.807, 2.05) is 0 Å². The largest absolute Gasteiger partial charge is 0.426 e. The number of ether oxygens (including phenoxy) is 1. The van der Waals surface area contributed by atoms with Crippen LogP contribution in [0.5, 0.6) is 5.75 Å². The fraction of sp³-hybridized carbons (Fsp3) is 0.400. The minimum Gasteiger partial charge on any atom is -0.426 e. The third kappa shape index (κ3) is 1.70. The van der Waals surface area contributed by atoms with Gasteiger partial charge in [0.1, 0.15) is 11.2 Å². The van der Waals surface area contributed by atoms with Crippen LogP contribution in [0.1, 0.15) is 48.7 Å². The number of carbonyl (C=O) groups excluding carboxylic acids is 3. The lowest BCUT2D eigenvalue weighted by Gasteiger charge is -2.38. The standard InChI is InChI=1S/C15H16O4/c1-5-11(17)15(4)10-7-6-8(2)13(19-9(3)16)12(10)14(15)18/h6-7H,5H2,1-4H3/t15-/m0/s1. The molecule has 0 spiro atoms. The maximum absolute atomic E-state index is 12.3. The highest BCUT2D eigenvalue weighted by Gasteiger charge is 2.54. The molecular formula is C15H16O4. The van der Waals surface area contributed by atoms with Gasteiger partial charge in [-0.3, -0.25) is 14.4 Å². The van der Waals surface area contributed by atoms with Gasteiger partial charge in [0.2, 0.25) is 0 Å². The van der Waals surface area contributed by atoms with Crippen molar-refractivity contribution in [2.75, 3.05) is 0 Å². The molecule has 100 valence electrons. The average Bonchev–Trinajstić information content (AvgIpc) is 2.37. The molecule has 0 aliphatic heterocycles. The summed E-state index contributed by atoms with van der Waals surface area (Å²) in [6, 6.07) is 3.54. The van der Waals surface area contributed by atoms with E-state index in [0.717, 1.165) is 0 Å². The second-order valence-electron chi connectivity index (χ2n) is 4.96. The normalized spacial score (nSPS) is 20.5. The minimum atomic E-state index is -1.08. The first-order chi connectivity index (χ1) is 8.83. The van der Waals surface area contributed by atoms with Crippen molar-refractivity contribution in [2.45, 2.75) is 39.5 Å². The maximum Gasteiger partial charge on any atom is 0.308 e. The molecule has 0 bridgehead atoms. The van der Waals surface area contributed by atoms with Gasteiger partial charge in [-0.15, -0.1) is 0 Å². The number of ketones is 2. The van der Waals surface area contributed by atoms with Crippen molar-refractivity contribution < 1.29 is 19.1 Å². The summed E-state index contributed by atoms with van der Waals surface area (Å²) >= 11 is 0. The maximum atomic E-state index is 12.3. The van der Waals surface area contributed by atoms with E-state index in [4.69, 9.17) is 4.74 Å². The Bertz CT molecular complexity index is 600. The highest BCUT2D eigenvalue weighted by molar-refractivity contribution is 6.28. The van der Waals surface area contributed by atoms with Gasteiger partial charge in [-0.25, -0.2) is 0 Å². The van der Waals surface area contributed by atoms with Crippen LogP contribution in [0.25, 0.3) is 0 Å². The number of hydrogen-bond acceptors (Lipinski definition) is 4. The van der Waals surface area contributed by atoms with E-state index in [9.17, 15) is 14.4 Å². The summed E-state index contributed by atoms with van der Waals surface area (Å²) in [4.78, 5) is 35.4. The third-order valence-electron chi connectivity index (χ3n) is 3.70. The number of benzene rings is 1. The number of hydrogen-bond donors (Lipinski definition) is 0. The van der Waals surface area contributed by atoms with Gasteiger partial charge in [-0.2, -0.15) is 0 Å². The van der Waals surface area contributed by atoms with E-state index in [2.05, 4.69) is 0 Å². The fourth-order valence-corrected chi connectivity index (χ4v) is 2.54. The molecule has 0 saturated heterocycles. The molecule has 0 fully saturated rings. The quantitative estimate of drug-likeness (QED) is 0.475. The number of fused-ring (bicyclic) bond motifs is 1. The zero-order valence-electron chi connectivity index (χ0n) is 11.5. The van der Waals surface area contributed by atoms with Crippen LogP contribution in [0.4, 0.5) is 0 Å². The first-order valence-electron chi connectivity index (χ1n) is 6.24. The Balaban J connectivity index is 2.59. The molecule has 4 nitrogen and oxygen atoms in total.